The summed E-state index contributed by atoms with van der Waals surface area (Å²) in [7, 11) is 6.19. The molecule has 1 aromatic carbocycles. The Kier molecular flexibility index (Phi) is 9.11. The van der Waals surface area contributed by atoms with Gasteiger partial charge in [-0.15, -0.1) is 11.6 Å². The Labute approximate surface area is 296 Å². The predicted molar refractivity (Wildman–Crippen MR) is 175 cm³/mol. The topological polar surface area (TPSA) is 160 Å². The number of esters is 3. The number of alkyl halides is 1. The molecule has 15 atom stereocenters. The number of nitrogens with zero attached hydrogens (tertiary/aromatic N) is 1. The van der Waals surface area contributed by atoms with Crippen molar-refractivity contribution < 1.29 is 57.8 Å². The lowest BCUT2D eigenvalue weighted by Gasteiger charge is -2.70. The Bertz CT molecular complexity index is 1500. The van der Waals surface area contributed by atoms with Gasteiger partial charge in [-0.2, -0.15) is 0 Å². The van der Waals surface area contributed by atoms with E-state index in [0.717, 1.165) is 0 Å². The summed E-state index contributed by atoms with van der Waals surface area (Å²) in [6.45, 7) is 4.48. The molecule has 7 rings (SSSR count). The molecular weight excluding hydrogens is 674 g/mol. The van der Waals surface area contributed by atoms with E-state index in [2.05, 4.69) is 4.90 Å². The van der Waals surface area contributed by atoms with Crippen LogP contribution in [0.3, 0.4) is 0 Å². The lowest BCUT2D eigenvalue weighted by atomic mass is 9.42. The van der Waals surface area contributed by atoms with Crippen LogP contribution in [0.25, 0.3) is 0 Å². The van der Waals surface area contributed by atoms with Gasteiger partial charge in [-0.3, -0.25) is 14.5 Å². The van der Waals surface area contributed by atoms with Crippen LogP contribution in [0.2, 0.25) is 0 Å². The van der Waals surface area contributed by atoms with E-state index < -0.39 is 106 Å². The number of benzene rings is 1. The van der Waals surface area contributed by atoms with Crippen LogP contribution in [0.1, 0.15) is 37.0 Å². The lowest BCUT2D eigenvalue weighted by Crippen LogP contribution is -2.81. The van der Waals surface area contributed by atoms with Gasteiger partial charge >= 0.3 is 17.9 Å². The van der Waals surface area contributed by atoms with Gasteiger partial charge in [-0.25, -0.2) is 4.79 Å². The maximum absolute atomic E-state index is 13.9. The average Bonchev–Trinajstić information content (AvgIpc) is 3.48. The number of aliphatic hydroxyl groups excluding tert-OH is 1. The number of rotatable bonds is 11. The van der Waals surface area contributed by atoms with Crippen LogP contribution in [0, 0.1) is 34.5 Å². The normalized spacial score (nSPS) is 46.7. The van der Waals surface area contributed by atoms with E-state index in [-0.39, 0.29) is 24.5 Å². The van der Waals surface area contributed by atoms with Crippen LogP contribution in [0.4, 0.5) is 0 Å². The van der Waals surface area contributed by atoms with Gasteiger partial charge in [-0.1, -0.05) is 25.1 Å². The highest BCUT2D eigenvalue weighted by Crippen LogP contribution is 2.80. The fourth-order valence-electron chi connectivity index (χ4n) is 12.6. The summed E-state index contributed by atoms with van der Waals surface area (Å²) < 4.78 is 44.0. The van der Waals surface area contributed by atoms with E-state index in [4.69, 9.17) is 44.8 Å². The molecule has 1 spiro atoms. The number of carbonyl (C=O) groups excluding carboxylic acids is 3. The maximum atomic E-state index is 13.9. The standard InChI is InChI=1S/C36H48ClNO12/c1-7-38-16-33(17-44-3)21(48-23(40)15-37)13-22(45-4)35-20-14-34(43)30(49-32(42)19-11-9-8-10-12-19)24(20)36(50-18(2)39,29(41)31(34)47-6)25(28(35)38)26(46-5)27(33)35/h8-12,20-22,24-31,41,43H,7,13-17H2,1-6H3/t20-,21-,22+,24-,25+,26+,27-,28+,29+,30-,31+,33+,34-,35+,36-/m1/s1. The van der Waals surface area contributed by atoms with Crippen molar-refractivity contribution in [2.45, 2.75) is 80.6 Å². The molecule has 0 unspecified atom stereocenters. The van der Waals surface area contributed by atoms with Crippen LogP contribution in [0.5, 0.6) is 0 Å². The Morgan fingerprint density at radius 1 is 0.980 bits per heavy atom. The van der Waals surface area contributed by atoms with Crippen LogP contribution < -0.4 is 0 Å². The van der Waals surface area contributed by atoms with Gasteiger partial charge in [0.05, 0.1) is 24.4 Å². The summed E-state index contributed by atoms with van der Waals surface area (Å²) in [4.78, 5) is 42.4. The third kappa shape index (κ3) is 4.35. The minimum atomic E-state index is -1.88. The minimum Gasteiger partial charge on any atom is -0.461 e. The first-order chi connectivity index (χ1) is 23.9. The van der Waals surface area contributed by atoms with Crippen LogP contribution in [-0.2, 0) is 42.7 Å². The predicted octanol–water partition coefficient (Wildman–Crippen LogP) is 1.44. The van der Waals surface area contributed by atoms with Gasteiger partial charge in [-0.05, 0) is 31.0 Å². The van der Waals surface area contributed by atoms with Gasteiger partial charge in [0.2, 0.25) is 0 Å². The Morgan fingerprint density at radius 3 is 2.28 bits per heavy atom. The molecule has 1 aliphatic heterocycles. The van der Waals surface area contributed by atoms with E-state index in [9.17, 15) is 24.6 Å². The number of hydrogen-bond donors (Lipinski definition) is 2. The Morgan fingerprint density at radius 2 is 1.70 bits per heavy atom. The zero-order valence-corrected chi connectivity index (χ0v) is 30.0. The minimum absolute atomic E-state index is 0.0335. The summed E-state index contributed by atoms with van der Waals surface area (Å²) in [6, 6.07) is 8.06. The van der Waals surface area contributed by atoms with Gasteiger partial charge in [0.25, 0.3) is 0 Å². The third-order valence-corrected chi connectivity index (χ3v) is 13.7. The van der Waals surface area contributed by atoms with Crippen molar-refractivity contribution in [1.29, 1.82) is 0 Å². The summed E-state index contributed by atoms with van der Waals surface area (Å²) in [6.07, 6.45) is -5.73. The van der Waals surface area contributed by atoms with Gasteiger partial charge < -0.3 is 43.4 Å². The number of carbonyl (C=O) groups is 3. The molecule has 50 heavy (non-hydrogen) atoms. The second-order valence-electron chi connectivity index (χ2n) is 15.0. The monoisotopic (exact) mass is 721 g/mol. The molecule has 0 radical (unpaired) electrons. The molecule has 1 aromatic rings. The van der Waals surface area contributed by atoms with Crippen molar-refractivity contribution in [2.75, 3.05) is 54.0 Å². The molecule has 2 N–H and O–H groups in total. The molecule has 0 aromatic heterocycles. The molecule has 14 heteroatoms. The van der Waals surface area contributed by atoms with Gasteiger partial charge in [0, 0.05) is 83.0 Å². The summed E-state index contributed by atoms with van der Waals surface area (Å²) in [5.74, 6) is -4.87. The summed E-state index contributed by atoms with van der Waals surface area (Å²) in [5, 5.41) is 25.5. The van der Waals surface area contributed by atoms with Crippen LogP contribution in [0.15, 0.2) is 30.3 Å². The van der Waals surface area contributed by atoms with E-state index >= 15 is 0 Å². The molecular formula is C36H48ClNO12. The smallest absolute Gasteiger partial charge is 0.338 e. The fraction of sp³-hybridized carbons (Fsp3) is 0.750. The molecule has 276 valence electrons. The zero-order valence-electron chi connectivity index (χ0n) is 29.3. The maximum Gasteiger partial charge on any atom is 0.338 e. The number of fused-ring (bicyclic) bond motifs is 2. The highest BCUT2D eigenvalue weighted by molar-refractivity contribution is 6.26. The summed E-state index contributed by atoms with van der Waals surface area (Å²) in [5.41, 5.74) is -5.06. The fourth-order valence-corrected chi connectivity index (χ4v) is 12.7. The van der Waals surface area contributed by atoms with E-state index in [0.29, 0.717) is 19.5 Å². The number of piperidine rings is 1. The van der Waals surface area contributed by atoms with E-state index in [1.54, 1.807) is 51.7 Å². The van der Waals surface area contributed by atoms with Gasteiger partial charge in [0.1, 0.15) is 35.9 Å². The van der Waals surface area contributed by atoms with E-state index in [1.807, 2.05) is 6.92 Å². The molecule has 6 aliphatic rings. The Hall–Kier alpha value is -2.36. The zero-order chi connectivity index (χ0) is 36.0. The first-order valence-corrected chi connectivity index (χ1v) is 17.9. The number of ether oxygens (including phenoxy) is 7. The number of hydrogen-bond acceptors (Lipinski definition) is 13. The van der Waals surface area contributed by atoms with Gasteiger partial charge in [0.15, 0.2) is 5.60 Å². The molecule has 5 saturated carbocycles. The van der Waals surface area contributed by atoms with Crippen molar-refractivity contribution >= 4 is 29.5 Å². The third-order valence-electron chi connectivity index (χ3n) is 13.5. The molecule has 0 amide bonds. The van der Waals surface area contributed by atoms with Crippen molar-refractivity contribution in [3.05, 3.63) is 35.9 Å². The molecule has 1 heterocycles. The lowest BCUT2D eigenvalue weighted by molar-refractivity contribution is -0.322. The van der Waals surface area contributed by atoms with Crippen molar-refractivity contribution in [3.63, 3.8) is 0 Å². The summed E-state index contributed by atoms with van der Waals surface area (Å²) >= 11 is 5.99. The first kappa shape index (κ1) is 36.0. The number of halogens is 1. The molecule has 7 bridgehead atoms. The van der Waals surface area contributed by atoms with E-state index in [1.165, 1.54) is 14.0 Å². The molecule has 13 nitrogen and oxygen atoms in total. The number of aliphatic hydroxyl groups is 2. The van der Waals surface area contributed by atoms with Crippen LogP contribution >= 0.6 is 11.6 Å². The highest BCUT2D eigenvalue weighted by atomic mass is 35.5. The molecule has 5 aliphatic carbocycles. The molecule has 6 fully saturated rings. The highest BCUT2D eigenvalue weighted by Gasteiger charge is 2.92. The quantitative estimate of drug-likeness (QED) is 0.192. The first-order valence-electron chi connectivity index (χ1n) is 17.4. The SMILES string of the molecule is CCN1C[C@@]2(COC)[C@H]3[C@@H](OC)[C@H]4[C@H]1[C@]3([C@@H](OC)C[C@H]2OC(=O)CCl)[C@@H]1C[C@@]2(O)[C@H](OC(=O)c3ccccc3)[C@@H]1[C@]4(OC(C)=O)[C@@H](O)[C@@H]2OC. The largest absolute Gasteiger partial charge is 0.461 e. The second kappa shape index (κ2) is 12.6. The molecule has 1 saturated heterocycles. The van der Waals surface area contributed by atoms with Crippen LogP contribution in [-0.4, -0.2) is 141 Å². The van der Waals surface area contributed by atoms with Crippen molar-refractivity contribution in [1.82, 2.24) is 4.90 Å². The number of likely N-dealkylation sites (tertiary alicyclic amines) is 1. The number of methoxy groups -OCH3 is 4. The second-order valence-corrected chi connectivity index (χ2v) is 15.3. The Balaban J connectivity index is 1.52. The van der Waals surface area contributed by atoms with Crippen molar-refractivity contribution in [2.24, 2.45) is 34.5 Å². The average molecular weight is 722 g/mol. The van der Waals surface area contributed by atoms with Crippen molar-refractivity contribution in [3.8, 4) is 0 Å².